The van der Waals surface area contributed by atoms with Gasteiger partial charge in [0.2, 0.25) is 5.91 Å². The smallest absolute Gasteiger partial charge is 0.230 e. The second-order valence-electron chi connectivity index (χ2n) is 5.77. The summed E-state index contributed by atoms with van der Waals surface area (Å²) < 4.78 is 1.96. The Hall–Kier alpha value is -2.57. The van der Waals surface area contributed by atoms with E-state index in [9.17, 15) is 4.79 Å². The third-order valence-electron chi connectivity index (χ3n) is 3.77. The van der Waals surface area contributed by atoms with Crippen molar-refractivity contribution in [3.8, 4) is 11.4 Å². The van der Waals surface area contributed by atoms with Crippen LogP contribution in [0.4, 0.5) is 0 Å². The molecule has 1 aromatic heterocycles. The van der Waals surface area contributed by atoms with E-state index in [2.05, 4.69) is 22.1 Å². The number of carbonyl (C=O) groups is 1. The molecule has 3 aromatic rings. The summed E-state index contributed by atoms with van der Waals surface area (Å²) in [6.45, 7) is 4.81. The van der Waals surface area contributed by atoms with Gasteiger partial charge in [-0.25, -0.2) is 0 Å². The van der Waals surface area contributed by atoms with Gasteiger partial charge in [0.15, 0.2) is 11.0 Å². The topological polar surface area (TPSA) is 59.8 Å². The molecule has 2 aromatic carbocycles. The first-order valence-electron chi connectivity index (χ1n) is 8.41. The molecule has 0 bridgehead atoms. The Morgan fingerprint density at radius 1 is 1.19 bits per heavy atom. The highest BCUT2D eigenvalue weighted by atomic mass is 35.5. The number of allylic oxidation sites excluding steroid dienone is 1. The molecule has 0 aliphatic rings. The van der Waals surface area contributed by atoms with Crippen molar-refractivity contribution in [1.29, 1.82) is 0 Å². The van der Waals surface area contributed by atoms with Gasteiger partial charge in [0.1, 0.15) is 0 Å². The van der Waals surface area contributed by atoms with E-state index >= 15 is 0 Å². The molecule has 1 amide bonds. The van der Waals surface area contributed by atoms with Crippen molar-refractivity contribution in [2.75, 3.05) is 5.75 Å². The summed E-state index contributed by atoms with van der Waals surface area (Å²) in [6.07, 6.45) is 1.79. The summed E-state index contributed by atoms with van der Waals surface area (Å²) >= 11 is 7.31. The van der Waals surface area contributed by atoms with Gasteiger partial charge in [-0.15, -0.1) is 16.8 Å². The number of thioether (sulfide) groups is 1. The number of hydrogen-bond acceptors (Lipinski definition) is 4. The van der Waals surface area contributed by atoms with Gasteiger partial charge in [-0.3, -0.25) is 9.36 Å². The molecule has 0 atom stereocenters. The number of nitrogens with one attached hydrogen (secondary N) is 1. The zero-order valence-corrected chi connectivity index (χ0v) is 16.2. The fourth-order valence-electron chi connectivity index (χ4n) is 2.52. The van der Waals surface area contributed by atoms with Crippen LogP contribution in [-0.4, -0.2) is 26.4 Å². The van der Waals surface area contributed by atoms with Gasteiger partial charge in [-0.05, 0) is 17.7 Å². The minimum atomic E-state index is -0.0746. The van der Waals surface area contributed by atoms with Crippen LogP contribution in [-0.2, 0) is 17.9 Å². The molecule has 138 valence electrons. The normalized spacial score (nSPS) is 10.6. The lowest BCUT2D eigenvalue weighted by Crippen LogP contribution is -2.24. The van der Waals surface area contributed by atoms with Crippen LogP contribution in [0.2, 0.25) is 5.02 Å². The average Bonchev–Trinajstić information content (AvgIpc) is 3.08. The second-order valence-corrected chi connectivity index (χ2v) is 7.15. The first-order valence-corrected chi connectivity index (χ1v) is 9.77. The maximum Gasteiger partial charge on any atom is 0.230 e. The van der Waals surface area contributed by atoms with E-state index in [1.54, 1.807) is 12.1 Å². The molecule has 27 heavy (non-hydrogen) atoms. The Morgan fingerprint density at radius 2 is 2.00 bits per heavy atom. The third-order valence-corrected chi connectivity index (χ3v) is 4.97. The highest BCUT2D eigenvalue weighted by Gasteiger charge is 2.14. The van der Waals surface area contributed by atoms with E-state index in [1.807, 2.05) is 53.1 Å². The number of halogens is 1. The Labute approximate surface area is 167 Å². The highest BCUT2D eigenvalue weighted by Crippen LogP contribution is 2.23. The predicted octanol–water partition coefficient (Wildman–Crippen LogP) is 4.19. The summed E-state index contributed by atoms with van der Waals surface area (Å²) in [5.74, 6) is 0.941. The largest absolute Gasteiger partial charge is 0.351 e. The van der Waals surface area contributed by atoms with Crippen LogP contribution in [0.25, 0.3) is 11.4 Å². The van der Waals surface area contributed by atoms with E-state index in [0.717, 1.165) is 17.0 Å². The minimum Gasteiger partial charge on any atom is -0.351 e. The second kappa shape index (κ2) is 9.39. The van der Waals surface area contributed by atoms with Crippen LogP contribution in [0.15, 0.2) is 72.4 Å². The first kappa shape index (κ1) is 19.2. The molecule has 0 spiro atoms. The fourth-order valence-corrected chi connectivity index (χ4v) is 3.51. The van der Waals surface area contributed by atoms with Crippen LogP contribution < -0.4 is 5.32 Å². The first-order chi connectivity index (χ1) is 13.2. The van der Waals surface area contributed by atoms with Gasteiger partial charge in [-0.2, -0.15) is 0 Å². The summed E-state index contributed by atoms with van der Waals surface area (Å²) in [5.41, 5.74) is 1.94. The molecule has 0 aliphatic heterocycles. The van der Waals surface area contributed by atoms with Gasteiger partial charge in [0.05, 0.1) is 5.75 Å². The lowest BCUT2D eigenvalue weighted by molar-refractivity contribution is -0.118. The van der Waals surface area contributed by atoms with Gasteiger partial charge in [-0.1, -0.05) is 71.9 Å². The summed E-state index contributed by atoms with van der Waals surface area (Å²) in [6, 6.07) is 17.3. The molecule has 1 N–H and O–H groups in total. The summed E-state index contributed by atoms with van der Waals surface area (Å²) in [5, 5.41) is 12.8. The monoisotopic (exact) mass is 398 g/mol. The summed E-state index contributed by atoms with van der Waals surface area (Å²) in [7, 11) is 0. The molecule has 0 radical (unpaired) electrons. The number of carbonyl (C=O) groups excluding carboxylic acids is 1. The van der Waals surface area contributed by atoms with E-state index in [-0.39, 0.29) is 11.7 Å². The van der Waals surface area contributed by atoms with Gasteiger partial charge in [0, 0.05) is 23.7 Å². The third kappa shape index (κ3) is 5.21. The zero-order chi connectivity index (χ0) is 19.1. The number of benzene rings is 2. The number of amides is 1. The maximum atomic E-state index is 12.2. The van der Waals surface area contributed by atoms with Crippen molar-refractivity contribution in [3.05, 3.63) is 77.8 Å². The highest BCUT2D eigenvalue weighted by molar-refractivity contribution is 7.99. The van der Waals surface area contributed by atoms with Gasteiger partial charge in [0.25, 0.3) is 0 Å². The van der Waals surface area contributed by atoms with Crippen LogP contribution in [0, 0.1) is 0 Å². The van der Waals surface area contributed by atoms with E-state index < -0.39 is 0 Å². The van der Waals surface area contributed by atoms with Gasteiger partial charge < -0.3 is 5.32 Å². The van der Waals surface area contributed by atoms with Crippen LogP contribution in [0.5, 0.6) is 0 Å². The minimum absolute atomic E-state index is 0.0746. The van der Waals surface area contributed by atoms with Crippen LogP contribution >= 0.6 is 23.4 Å². The number of aromatic nitrogens is 3. The molecule has 0 saturated heterocycles. The van der Waals surface area contributed by atoms with E-state index in [1.165, 1.54) is 11.8 Å². The molecule has 3 rings (SSSR count). The van der Waals surface area contributed by atoms with Crippen LogP contribution in [0.3, 0.4) is 0 Å². The molecule has 0 aliphatic carbocycles. The zero-order valence-electron chi connectivity index (χ0n) is 14.6. The SMILES string of the molecule is C=CCn1c(SCC(=O)NCc2cccc(Cl)c2)nnc1-c1ccccc1. The van der Waals surface area contributed by atoms with Gasteiger partial charge >= 0.3 is 0 Å². The Bertz CT molecular complexity index is 927. The molecular weight excluding hydrogens is 380 g/mol. The van der Waals surface area contributed by atoms with Crippen molar-refractivity contribution in [3.63, 3.8) is 0 Å². The lowest BCUT2D eigenvalue weighted by Gasteiger charge is -2.08. The standard InChI is InChI=1S/C20H19ClN4OS/c1-2-11-25-19(16-8-4-3-5-9-16)23-24-20(25)27-14-18(26)22-13-15-7-6-10-17(21)12-15/h2-10,12H,1,11,13-14H2,(H,22,26). The van der Waals surface area contributed by atoms with Crippen molar-refractivity contribution < 1.29 is 4.79 Å². The number of hydrogen-bond donors (Lipinski definition) is 1. The summed E-state index contributed by atoms with van der Waals surface area (Å²) in [4.78, 5) is 12.2. The molecule has 7 heteroatoms. The average molecular weight is 399 g/mol. The van der Waals surface area contributed by atoms with E-state index in [4.69, 9.17) is 11.6 Å². The lowest BCUT2D eigenvalue weighted by atomic mass is 10.2. The Morgan fingerprint density at radius 3 is 2.74 bits per heavy atom. The fraction of sp³-hybridized carbons (Fsp3) is 0.150. The molecule has 5 nitrogen and oxygen atoms in total. The molecule has 0 unspecified atom stereocenters. The molecule has 1 heterocycles. The van der Waals surface area contributed by atoms with Crippen molar-refractivity contribution in [2.45, 2.75) is 18.2 Å². The Kier molecular flexibility index (Phi) is 6.68. The molecular formula is C20H19ClN4OS. The predicted molar refractivity (Wildman–Crippen MR) is 110 cm³/mol. The number of rotatable bonds is 8. The van der Waals surface area contributed by atoms with Crippen molar-refractivity contribution in [1.82, 2.24) is 20.1 Å². The molecule has 0 fully saturated rings. The number of nitrogens with zero attached hydrogens (tertiary/aromatic N) is 3. The maximum absolute atomic E-state index is 12.2. The van der Waals surface area contributed by atoms with E-state index in [0.29, 0.717) is 23.3 Å². The Balaban J connectivity index is 1.62. The quantitative estimate of drug-likeness (QED) is 0.456. The van der Waals surface area contributed by atoms with Crippen LogP contribution in [0.1, 0.15) is 5.56 Å². The molecule has 0 saturated carbocycles. The van der Waals surface area contributed by atoms with Crippen molar-refractivity contribution >= 4 is 29.3 Å². The van der Waals surface area contributed by atoms with Crippen molar-refractivity contribution in [2.24, 2.45) is 0 Å².